The van der Waals surface area contributed by atoms with E-state index in [9.17, 15) is 13.2 Å². The molecule has 0 aliphatic carbocycles. The number of ketones is 1. The molecular weight excluding hydrogens is 336 g/mol. The minimum Gasteiger partial charge on any atom is -0.381 e. The van der Waals surface area contributed by atoms with Gasteiger partial charge in [-0.1, -0.05) is 42.5 Å². The number of hydrogen-bond donors (Lipinski definition) is 0. The molecule has 1 saturated heterocycles. The first-order chi connectivity index (χ1) is 12.0. The van der Waals surface area contributed by atoms with Gasteiger partial charge in [-0.2, -0.15) is 0 Å². The second kappa shape index (κ2) is 7.50. The van der Waals surface area contributed by atoms with Gasteiger partial charge in [0.1, 0.15) is 0 Å². The van der Waals surface area contributed by atoms with Gasteiger partial charge >= 0.3 is 0 Å². The quantitative estimate of drug-likeness (QED) is 0.744. The number of hydrogen-bond acceptors (Lipinski definition) is 4. The van der Waals surface area contributed by atoms with E-state index >= 15 is 0 Å². The van der Waals surface area contributed by atoms with Crippen LogP contribution in [0.2, 0.25) is 0 Å². The van der Waals surface area contributed by atoms with E-state index in [1.165, 1.54) is 0 Å². The van der Waals surface area contributed by atoms with Crippen molar-refractivity contribution < 1.29 is 17.9 Å². The lowest BCUT2D eigenvalue weighted by atomic mass is 9.90. The SMILES string of the molecule is CC(=O)c1ccc(CC2COCC2CS(=O)(=O)c2ccccc2)cc1. The normalized spacial score (nSPS) is 20.5. The summed E-state index contributed by atoms with van der Waals surface area (Å²) >= 11 is 0. The molecular formula is C20H22O4S. The average molecular weight is 358 g/mol. The van der Waals surface area contributed by atoms with Crippen molar-refractivity contribution in [2.75, 3.05) is 19.0 Å². The van der Waals surface area contributed by atoms with Crippen molar-refractivity contribution in [2.24, 2.45) is 11.8 Å². The molecule has 2 atom stereocenters. The van der Waals surface area contributed by atoms with Gasteiger partial charge in [-0.3, -0.25) is 4.79 Å². The average Bonchev–Trinajstić information content (AvgIpc) is 3.02. The van der Waals surface area contributed by atoms with Crippen LogP contribution in [0.3, 0.4) is 0 Å². The van der Waals surface area contributed by atoms with Crippen molar-refractivity contribution in [2.45, 2.75) is 18.2 Å². The number of sulfone groups is 1. The molecule has 0 amide bonds. The van der Waals surface area contributed by atoms with E-state index in [0.29, 0.717) is 23.7 Å². The summed E-state index contributed by atoms with van der Waals surface area (Å²) in [7, 11) is -3.31. The third-order valence-electron chi connectivity index (χ3n) is 4.72. The number of benzene rings is 2. The fraction of sp³-hybridized carbons (Fsp3) is 0.350. The molecule has 2 aromatic rings. The summed E-state index contributed by atoms with van der Waals surface area (Å²) in [5, 5.41) is 0. The Morgan fingerprint density at radius 1 is 1.00 bits per heavy atom. The highest BCUT2D eigenvalue weighted by Gasteiger charge is 2.32. The Balaban J connectivity index is 1.69. The monoisotopic (exact) mass is 358 g/mol. The second-order valence-electron chi connectivity index (χ2n) is 6.61. The number of carbonyl (C=O) groups excluding carboxylic acids is 1. The number of rotatable bonds is 6. The number of carbonyl (C=O) groups is 1. The summed E-state index contributed by atoms with van der Waals surface area (Å²) in [5.74, 6) is 0.301. The van der Waals surface area contributed by atoms with Crippen LogP contribution in [0.25, 0.3) is 0 Å². The van der Waals surface area contributed by atoms with Crippen molar-refractivity contribution in [3.63, 3.8) is 0 Å². The number of ether oxygens (including phenoxy) is 1. The maximum absolute atomic E-state index is 12.6. The van der Waals surface area contributed by atoms with Gasteiger partial charge in [-0.05, 0) is 37.0 Å². The van der Waals surface area contributed by atoms with E-state index in [4.69, 9.17) is 4.74 Å². The standard InChI is InChI=1S/C20H22O4S/c1-15(21)17-9-7-16(8-10-17)11-18-12-24-13-19(18)14-25(22,23)20-5-3-2-4-6-20/h2-10,18-19H,11-14H2,1H3. The topological polar surface area (TPSA) is 60.4 Å². The maximum Gasteiger partial charge on any atom is 0.178 e. The van der Waals surface area contributed by atoms with Gasteiger partial charge in [0, 0.05) is 11.5 Å². The summed E-state index contributed by atoms with van der Waals surface area (Å²) in [4.78, 5) is 11.7. The van der Waals surface area contributed by atoms with E-state index < -0.39 is 9.84 Å². The smallest absolute Gasteiger partial charge is 0.178 e. The van der Waals surface area contributed by atoms with Crippen molar-refractivity contribution in [3.05, 3.63) is 65.7 Å². The summed E-state index contributed by atoms with van der Waals surface area (Å²) < 4.78 is 30.8. The molecule has 0 bridgehead atoms. The Morgan fingerprint density at radius 3 is 2.28 bits per heavy atom. The molecule has 0 radical (unpaired) electrons. The minimum absolute atomic E-state index is 0.0160. The third-order valence-corrected chi connectivity index (χ3v) is 6.58. The molecule has 2 aromatic carbocycles. The van der Waals surface area contributed by atoms with Gasteiger partial charge in [-0.15, -0.1) is 0 Å². The summed E-state index contributed by atoms with van der Waals surface area (Å²) in [5.41, 5.74) is 1.79. The molecule has 0 aromatic heterocycles. The Hall–Kier alpha value is -1.98. The van der Waals surface area contributed by atoms with Crippen LogP contribution in [0.15, 0.2) is 59.5 Å². The van der Waals surface area contributed by atoms with Crippen molar-refractivity contribution in [1.82, 2.24) is 0 Å². The molecule has 1 fully saturated rings. The first kappa shape index (κ1) is 17.8. The Kier molecular flexibility index (Phi) is 5.35. The van der Waals surface area contributed by atoms with Crippen molar-refractivity contribution in [3.8, 4) is 0 Å². The molecule has 5 heteroatoms. The van der Waals surface area contributed by atoms with Crippen LogP contribution >= 0.6 is 0 Å². The zero-order chi connectivity index (χ0) is 17.9. The zero-order valence-corrected chi connectivity index (χ0v) is 15.0. The molecule has 0 spiro atoms. The van der Waals surface area contributed by atoms with E-state index in [1.54, 1.807) is 31.2 Å². The van der Waals surface area contributed by atoms with Crippen molar-refractivity contribution in [1.29, 1.82) is 0 Å². The van der Waals surface area contributed by atoms with Gasteiger partial charge in [0.2, 0.25) is 0 Å². The van der Waals surface area contributed by atoms with Crippen LogP contribution in [0, 0.1) is 11.8 Å². The highest BCUT2D eigenvalue weighted by atomic mass is 32.2. The van der Waals surface area contributed by atoms with Crippen LogP contribution in [-0.2, 0) is 21.0 Å². The first-order valence-corrected chi connectivity index (χ1v) is 10.1. The lowest BCUT2D eigenvalue weighted by Gasteiger charge is -2.18. The predicted molar refractivity (Wildman–Crippen MR) is 96.4 cm³/mol. The third kappa shape index (κ3) is 4.35. The zero-order valence-electron chi connectivity index (χ0n) is 14.2. The fourth-order valence-corrected chi connectivity index (χ4v) is 4.93. The van der Waals surface area contributed by atoms with Gasteiger partial charge in [0.25, 0.3) is 0 Å². The van der Waals surface area contributed by atoms with Crippen LogP contribution < -0.4 is 0 Å². The van der Waals surface area contributed by atoms with Crippen LogP contribution in [0.1, 0.15) is 22.8 Å². The summed E-state index contributed by atoms with van der Waals surface area (Å²) in [6, 6.07) is 16.1. The first-order valence-electron chi connectivity index (χ1n) is 8.41. The van der Waals surface area contributed by atoms with Crippen molar-refractivity contribution >= 4 is 15.6 Å². The van der Waals surface area contributed by atoms with E-state index in [2.05, 4.69) is 0 Å². The van der Waals surface area contributed by atoms with Gasteiger partial charge in [0.05, 0.1) is 23.9 Å². The van der Waals surface area contributed by atoms with E-state index in [-0.39, 0.29) is 23.4 Å². The fourth-order valence-electron chi connectivity index (χ4n) is 3.24. The molecule has 4 nitrogen and oxygen atoms in total. The van der Waals surface area contributed by atoms with Gasteiger partial charge < -0.3 is 4.74 Å². The summed E-state index contributed by atoms with van der Waals surface area (Å²) in [6.07, 6.45) is 0.757. The molecule has 132 valence electrons. The highest BCUT2D eigenvalue weighted by molar-refractivity contribution is 7.91. The van der Waals surface area contributed by atoms with Gasteiger partial charge in [-0.25, -0.2) is 8.42 Å². The molecule has 25 heavy (non-hydrogen) atoms. The Morgan fingerprint density at radius 2 is 1.64 bits per heavy atom. The van der Waals surface area contributed by atoms with Gasteiger partial charge in [0.15, 0.2) is 15.6 Å². The molecule has 1 heterocycles. The van der Waals surface area contributed by atoms with E-state index in [1.807, 2.05) is 30.3 Å². The van der Waals surface area contributed by atoms with Crippen LogP contribution in [0.4, 0.5) is 0 Å². The lowest BCUT2D eigenvalue weighted by Crippen LogP contribution is -2.24. The Bertz CT molecular complexity index is 826. The molecule has 0 N–H and O–H groups in total. The molecule has 1 aliphatic rings. The molecule has 0 saturated carbocycles. The summed E-state index contributed by atoms with van der Waals surface area (Å²) in [6.45, 7) is 2.59. The molecule has 3 rings (SSSR count). The lowest BCUT2D eigenvalue weighted by molar-refractivity contribution is 0.101. The van der Waals surface area contributed by atoms with Crippen LogP contribution in [-0.4, -0.2) is 33.2 Å². The largest absolute Gasteiger partial charge is 0.381 e. The maximum atomic E-state index is 12.6. The minimum atomic E-state index is -3.31. The predicted octanol–water partition coefficient (Wildman–Crippen LogP) is 3.17. The Labute approximate surface area is 148 Å². The second-order valence-corrected chi connectivity index (χ2v) is 8.64. The molecule has 1 aliphatic heterocycles. The number of Topliss-reactive ketones (excluding diaryl/α,β-unsaturated/α-hetero) is 1. The van der Waals surface area contributed by atoms with Crippen LogP contribution in [0.5, 0.6) is 0 Å². The van der Waals surface area contributed by atoms with E-state index in [0.717, 1.165) is 12.0 Å². The highest BCUT2D eigenvalue weighted by Crippen LogP contribution is 2.28. The molecule has 2 unspecified atom stereocenters.